The molecule has 0 heterocycles. The average Bonchev–Trinajstić information content (AvgIpc) is 2.02. The number of hydrogen-bond acceptors (Lipinski definition) is 1. The van der Waals surface area contributed by atoms with Crippen molar-refractivity contribution >= 4 is 5.97 Å². The van der Waals surface area contributed by atoms with Gasteiger partial charge in [0.15, 0.2) is 0 Å². The molecule has 2 nitrogen and oxygen atoms in total. The molecule has 0 radical (unpaired) electrons. The molecule has 0 aliphatic carbocycles. The summed E-state index contributed by atoms with van der Waals surface area (Å²) in [7, 11) is 0. The van der Waals surface area contributed by atoms with Crippen LogP contribution in [-0.4, -0.2) is 11.1 Å². The van der Waals surface area contributed by atoms with Crippen molar-refractivity contribution in [3.05, 3.63) is 12.7 Å². The first-order valence-corrected chi connectivity index (χ1v) is 3.47. The summed E-state index contributed by atoms with van der Waals surface area (Å²) in [4.78, 5) is 9.25. The molecular formula is C9H14O2. The van der Waals surface area contributed by atoms with Gasteiger partial charge in [-0.25, -0.2) is 4.79 Å². The van der Waals surface area contributed by atoms with Crippen molar-refractivity contribution in [2.24, 2.45) is 0 Å². The molecule has 11 heavy (non-hydrogen) atoms. The van der Waals surface area contributed by atoms with Gasteiger partial charge in [-0.15, -0.1) is 12.3 Å². The highest BCUT2D eigenvalue weighted by Gasteiger charge is 1.73. The van der Waals surface area contributed by atoms with Gasteiger partial charge < -0.3 is 5.11 Å². The predicted octanol–water partition coefficient (Wildman–Crippen LogP) is 2.07. The normalized spacial score (nSPS) is 6.91. The highest BCUT2D eigenvalue weighted by molar-refractivity contribution is 5.78. The van der Waals surface area contributed by atoms with E-state index in [-0.39, 0.29) is 0 Å². The number of unbranched alkanes of at least 4 members (excludes halogenated alkanes) is 2. The van der Waals surface area contributed by atoms with Crippen molar-refractivity contribution in [2.45, 2.75) is 26.2 Å². The molecule has 0 fully saturated rings. The number of aliphatic carboxylic acids is 1. The van der Waals surface area contributed by atoms with Crippen LogP contribution >= 0.6 is 0 Å². The number of hydrogen-bond donors (Lipinski definition) is 1. The second-order valence-electron chi connectivity index (χ2n) is 1.85. The molecule has 0 rings (SSSR count). The number of rotatable bonds is 3. The van der Waals surface area contributed by atoms with Crippen LogP contribution in [0.1, 0.15) is 26.2 Å². The fourth-order valence-corrected chi connectivity index (χ4v) is 0.279. The predicted molar refractivity (Wildman–Crippen MR) is 46.2 cm³/mol. The molecular weight excluding hydrogens is 140 g/mol. The minimum atomic E-state index is -0.981. The zero-order valence-corrected chi connectivity index (χ0v) is 6.84. The Hall–Kier alpha value is -1.23. The van der Waals surface area contributed by atoms with Gasteiger partial charge in [0, 0.05) is 12.5 Å². The summed E-state index contributed by atoms with van der Waals surface area (Å²) in [6, 6.07) is 0. The quantitative estimate of drug-likeness (QED) is 0.384. The van der Waals surface area contributed by atoms with Crippen molar-refractivity contribution in [2.75, 3.05) is 0 Å². The lowest BCUT2D eigenvalue weighted by Gasteiger charge is -1.79. The van der Waals surface area contributed by atoms with E-state index >= 15 is 0 Å². The summed E-state index contributed by atoms with van der Waals surface area (Å²) in [5.41, 5.74) is 0. The Bertz CT molecular complexity index is 142. The number of carboxylic acid groups (broad SMARTS) is 1. The van der Waals surface area contributed by atoms with Gasteiger partial charge in [-0.1, -0.05) is 19.9 Å². The third kappa shape index (κ3) is 28.3. The SMILES string of the molecule is C#CCCCC.C=CC(=O)O. The van der Waals surface area contributed by atoms with Crippen molar-refractivity contribution in [1.29, 1.82) is 0 Å². The highest BCUT2D eigenvalue weighted by atomic mass is 16.4. The van der Waals surface area contributed by atoms with Crippen LogP contribution in [0.3, 0.4) is 0 Å². The molecule has 0 aliphatic rings. The van der Waals surface area contributed by atoms with E-state index in [1.54, 1.807) is 0 Å². The van der Waals surface area contributed by atoms with Gasteiger partial charge in [0.1, 0.15) is 0 Å². The largest absolute Gasteiger partial charge is 0.478 e. The first-order valence-electron chi connectivity index (χ1n) is 3.47. The van der Waals surface area contributed by atoms with Crippen LogP contribution in [0.5, 0.6) is 0 Å². The van der Waals surface area contributed by atoms with Crippen molar-refractivity contribution in [3.8, 4) is 12.3 Å². The van der Waals surface area contributed by atoms with Crippen LogP contribution in [-0.2, 0) is 4.79 Å². The molecule has 0 aromatic rings. The zero-order chi connectivity index (χ0) is 9.11. The first-order chi connectivity index (χ1) is 5.18. The van der Waals surface area contributed by atoms with Crippen LogP contribution in [0.25, 0.3) is 0 Å². The molecule has 0 aliphatic heterocycles. The molecule has 0 atom stereocenters. The Morgan fingerprint density at radius 2 is 2.27 bits per heavy atom. The average molecular weight is 154 g/mol. The molecule has 0 bridgehead atoms. The Morgan fingerprint density at radius 1 is 1.82 bits per heavy atom. The van der Waals surface area contributed by atoms with Gasteiger partial charge >= 0.3 is 5.97 Å². The summed E-state index contributed by atoms with van der Waals surface area (Å²) >= 11 is 0. The lowest BCUT2D eigenvalue weighted by Crippen LogP contribution is -1.82. The minimum Gasteiger partial charge on any atom is -0.478 e. The molecule has 0 unspecified atom stereocenters. The van der Waals surface area contributed by atoms with E-state index in [2.05, 4.69) is 19.4 Å². The third-order valence-electron chi connectivity index (χ3n) is 0.849. The van der Waals surface area contributed by atoms with E-state index in [0.717, 1.165) is 12.5 Å². The summed E-state index contributed by atoms with van der Waals surface area (Å²) in [5.74, 6) is 1.59. The maximum absolute atomic E-state index is 9.25. The molecule has 0 amide bonds. The van der Waals surface area contributed by atoms with E-state index < -0.39 is 5.97 Å². The molecule has 0 spiro atoms. The Labute approximate surface area is 67.9 Å². The van der Waals surface area contributed by atoms with E-state index in [1.165, 1.54) is 12.8 Å². The molecule has 1 N–H and O–H groups in total. The fraction of sp³-hybridized carbons (Fsp3) is 0.444. The maximum atomic E-state index is 9.25. The molecule has 0 aromatic carbocycles. The second-order valence-corrected chi connectivity index (χ2v) is 1.85. The van der Waals surface area contributed by atoms with E-state index in [9.17, 15) is 4.79 Å². The minimum absolute atomic E-state index is 0.833. The van der Waals surface area contributed by atoms with Crippen LogP contribution < -0.4 is 0 Å². The molecule has 0 saturated carbocycles. The Kier molecular flexibility index (Phi) is 13.1. The first kappa shape index (κ1) is 12.4. The Morgan fingerprint density at radius 3 is 2.36 bits per heavy atom. The topological polar surface area (TPSA) is 37.3 Å². The van der Waals surface area contributed by atoms with Gasteiger partial charge in [0.2, 0.25) is 0 Å². The number of carbonyl (C=O) groups is 1. The van der Waals surface area contributed by atoms with Gasteiger partial charge in [-0.3, -0.25) is 0 Å². The van der Waals surface area contributed by atoms with Crippen LogP contribution in [0, 0.1) is 12.3 Å². The van der Waals surface area contributed by atoms with E-state index in [0.29, 0.717) is 0 Å². The monoisotopic (exact) mass is 154 g/mol. The summed E-state index contributed by atoms with van der Waals surface area (Å²) in [5, 5.41) is 7.60. The van der Waals surface area contributed by atoms with Crippen LogP contribution in [0.15, 0.2) is 12.7 Å². The Balaban J connectivity index is 0. The summed E-state index contributed by atoms with van der Waals surface area (Å²) in [6.45, 7) is 5.10. The van der Waals surface area contributed by atoms with Crippen molar-refractivity contribution in [1.82, 2.24) is 0 Å². The lowest BCUT2D eigenvalue weighted by atomic mass is 10.3. The van der Waals surface area contributed by atoms with Gasteiger partial charge in [0.05, 0.1) is 0 Å². The van der Waals surface area contributed by atoms with Crippen molar-refractivity contribution < 1.29 is 9.90 Å². The molecule has 2 heteroatoms. The fourth-order valence-electron chi connectivity index (χ4n) is 0.279. The van der Waals surface area contributed by atoms with Gasteiger partial charge in [0.25, 0.3) is 0 Å². The van der Waals surface area contributed by atoms with Gasteiger partial charge in [-0.05, 0) is 6.42 Å². The molecule has 62 valence electrons. The highest BCUT2D eigenvalue weighted by Crippen LogP contribution is 1.88. The third-order valence-corrected chi connectivity index (χ3v) is 0.849. The number of terminal acetylenes is 1. The standard InChI is InChI=1S/C6H10.C3H4O2/c1-3-5-6-4-2;1-2-3(4)5/h1H,4-6H2,2H3;2H,1H2,(H,4,5). The second kappa shape index (κ2) is 11.6. The molecule has 0 saturated heterocycles. The molecule has 0 aromatic heterocycles. The van der Waals surface area contributed by atoms with E-state index in [4.69, 9.17) is 11.5 Å². The smallest absolute Gasteiger partial charge is 0.327 e. The number of carboxylic acids is 1. The van der Waals surface area contributed by atoms with Crippen LogP contribution in [0.2, 0.25) is 0 Å². The lowest BCUT2D eigenvalue weighted by molar-refractivity contribution is -0.131. The summed E-state index contributed by atoms with van der Waals surface area (Å²) in [6.07, 6.45) is 9.13. The summed E-state index contributed by atoms with van der Waals surface area (Å²) < 4.78 is 0. The van der Waals surface area contributed by atoms with Gasteiger partial charge in [-0.2, -0.15) is 0 Å². The zero-order valence-electron chi connectivity index (χ0n) is 6.84. The van der Waals surface area contributed by atoms with Crippen molar-refractivity contribution in [3.63, 3.8) is 0 Å². The van der Waals surface area contributed by atoms with E-state index in [1.807, 2.05) is 0 Å². The van der Waals surface area contributed by atoms with Crippen LogP contribution in [0.4, 0.5) is 0 Å². The maximum Gasteiger partial charge on any atom is 0.327 e.